The standard InChI is InChI=1S/C20H26F3N3O3.C18H20ClFN4O2.2C17H19ClN4O2.C17H19FN4O2/c1-18(2,28)10-15(27)24-17-25-16-13(20(21,22)23)8-11(19(3,4)29)9-14(16)26(17)12-6-5-7-12;1-3-18(26,10-20)9-16(25)23-17-22-14-7-12(19)13(21-2)8-15(14)24(17)11-5-4-6-11;3*1-17(2,24)9-15(23)21-16-20-13-7-11(18)12(19-3)8-14(13)22(16)10-5-4-6-10/h8-9,12,28-29H,5-7,10H2,1-4H3,(H,24,25,27);7-8,11,26H,3-6,9-10H2,1H3,(H,22,23,25);3*7-8,10,24H,4-6,9H2,1-2H3,(H,20,21,23). The highest BCUT2D eigenvalue weighted by molar-refractivity contribution is 6.35. The van der Waals surface area contributed by atoms with Gasteiger partial charge in [-0.15, -0.1) is 0 Å². The Hall–Kier alpha value is -11.0. The van der Waals surface area contributed by atoms with Crippen LogP contribution in [-0.2, 0) is 35.8 Å². The monoisotopic (exact) mass is 1810 g/mol. The van der Waals surface area contributed by atoms with Crippen LogP contribution in [0.3, 0.4) is 0 Å². The van der Waals surface area contributed by atoms with Crippen molar-refractivity contribution in [2.75, 3.05) is 33.3 Å². The van der Waals surface area contributed by atoms with Crippen LogP contribution in [0, 0.1) is 32.1 Å². The van der Waals surface area contributed by atoms with Gasteiger partial charge in [0, 0.05) is 45.3 Å². The molecule has 38 heteroatoms. The molecule has 15 rings (SSSR count). The normalized spacial score (nSPS) is 15.7. The number of aromatic nitrogens is 10. The molecule has 5 saturated carbocycles. The molecule has 0 aliphatic heterocycles. The van der Waals surface area contributed by atoms with E-state index >= 15 is 0 Å². The van der Waals surface area contributed by atoms with Crippen molar-refractivity contribution < 1.29 is 76.6 Å². The Morgan fingerprint density at radius 2 is 0.661 bits per heavy atom. The zero-order valence-corrected chi connectivity index (χ0v) is 74.5. The predicted molar refractivity (Wildman–Crippen MR) is 476 cm³/mol. The molecule has 5 aromatic heterocycles. The van der Waals surface area contributed by atoms with E-state index in [0.717, 1.165) is 119 Å². The lowest BCUT2D eigenvalue weighted by Gasteiger charge is -2.29. The molecule has 1 atom stereocenters. The van der Waals surface area contributed by atoms with Gasteiger partial charge in [0.1, 0.15) is 23.6 Å². The first kappa shape index (κ1) is 96.7. The fourth-order valence-corrected chi connectivity index (χ4v) is 15.6. The molecule has 0 saturated heterocycles. The quantitative estimate of drug-likeness (QED) is 0.0209. The highest BCUT2D eigenvalue weighted by Crippen LogP contribution is 2.47. The Bertz CT molecular complexity index is 5690. The van der Waals surface area contributed by atoms with Crippen LogP contribution in [0.4, 0.5) is 74.4 Å². The lowest BCUT2D eigenvalue weighted by molar-refractivity contribution is -0.136. The van der Waals surface area contributed by atoms with E-state index in [1.807, 2.05) is 18.3 Å². The number of alkyl halides is 4. The summed E-state index contributed by atoms with van der Waals surface area (Å²) < 4.78 is 77.5. The van der Waals surface area contributed by atoms with Gasteiger partial charge < -0.3 is 53.5 Å². The average Bonchev–Trinajstić information content (AvgIpc) is 1.52. The van der Waals surface area contributed by atoms with E-state index in [9.17, 15) is 76.6 Å². The van der Waals surface area contributed by atoms with Gasteiger partial charge in [0.25, 0.3) is 0 Å². The van der Waals surface area contributed by atoms with Crippen LogP contribution >= 0.6 is 34.8 Å². The fourth-order valence-electron chi connectivity index (χ4n) is 15.0. The molecule has 1 unspecified atom stereocenters. The first-order chi connectivity index (χ1) is 59.4. The summed E-state index contributed by atoms with van der Waals surface area (Å²) >= 11 is 18.3. The zero-order chi connectivity index (χ0) is 93.1. The fraction of sp³-hybridized carbons (Fsp3) is 0.506. The molecule has 5 fully saturated rings. The van der Waals surface area contributed by atoms with E-state index in [-0.39, 0.29) is 115 Å². The molecular weight excluding hydrogens is 1710 g/mol. The minimum Gasteiger partial charge on any atom is -0.390 e. The van der Waals surface area contributed by atoms with Crippen LogP contribution in [0.25, 0.3) is 74.5 Å². The molecule has 5 heterocycles. The van der Waals surface area contributed by atoms with Crippen LogP contribution in [-0.4, -0.2) is 143 Å². The number of nitrogens with one attached hydrogen (secondary N) is 5. The number of carbonyl (C=O) groups is 5. The Labute approximate surface area is 744 Å². The minimum absolute atomic E-state index is 0.0189. The van der Waals surface area contributed by atoms with Crippen LogP contribution in [0.15, 0.2) is 60.7 Å². The predicted octanol–water partition coefficient (Wildman–Crippen LogP) is 20.2. The molecule has 11 N–H and O–H groups in total. The van der Waals surface area contributed by atoms with E-state index in [4.69, 9.17) is 61.1 Å². The van der Waals surface area contributed by atoms with Gasteiger partial charge in [-0.05, 0) is 238 Å². The third-order valence-corrected chi connectivity index (χ3v) is 23.5. The summed E-state index contributed by atoms with van der Waals surface area (Å²) in [5.41, 5.74) is -2.30. The van der Waals surface area contributed by atoms with E-state index in [1.165, 1.54) is 45.9 Å². The maximum atomic E-state index is 13.9. The second-order valence-corrected chi connectivity index (χ2v) is 37.3. The largest absolute Gasteiger partial charge is 0.418 e. The minimum atomic E-state index is -4.67. The van der Waals surface area contributed by atoms with Gasteiger partial charge in [-0.2, -0.15) is 13.2 Å². The van der Waals surface area contributed by atoms with E-state index in [0.29, 0.717) is 83.5 Å². The van der Waals surface area contributed by atoms with Crippen molar-refractivity contribution in [1.82, 2.24) is 47.8 Å². The van der Waals surface area contributed by atoms with E-state index in [1.54, 1.807) is 89.4 Å². The summed E-state index contributed by atoms with van der Waals surface area (Å²) in [6.45, 7) is 44.6. The summed E-state index contributed by atoms with van der Waals surface area (Å²) in [5, 5.41) is 74.2. The Kier molecular flexibility index (Phi) is 29.3. The molecule has 127 heavy (non-hydrogen) atoms. The Morgan fingerprint density at radius 1 is 0.402 bits per heavy atom. The van der Waals surface area contributed by atoms with E-state index < -0.39 is 69.7 Å². The molecule has 5 aliphatic carbocycles. The number of benzene rings is 5. The summed E-state index contributed by atoms with van der Waals surface area (Å²) in [7, 11) is 0. The molecule has 5 aromatic carbocycles. The van der Waals surface area contributed by atoms with Crippen LogP contribution in [0.5, 0.6) is 0 Å². The van der Waals surface area contributed by atoms with Gasteiger partial charge in [0.05, 0.1) is 142 Å². The molecule has 30 nitrogen and oxygen atoms in total. The number of anilines is 5. The summed E-state index contributed by atoms with van der Waals surface area (Å²) in [4.78, 5) is 96.5. The Balaban J connectivity index is 0.000000154. The summed E-state index contributed by atoms with van der Waals surface area (Å²) in [6.07, 6.45) is 9.50. The second kappa shape index (κ2) is 38.5. The van der Waals surface area contributed by atoms with Crippen LogP contribution < -0.4 is 26.6 Å². The molecule has 0 bridgehead atoms. The van der Waals surface area contributed by atoms with Crippen molar-refractivity contribution in [3.05, 3.63) is 138 Å². The van der Waals surface area contributed by atoms with Gasteiger partial charge in [-0.1, -0.05) is 41.7 Å². The maximum absolute atomic E-state index is 13.9. The van der Waals surface area contributed by atoms with Crippen LogP contribution in [0.2, 0.25) is 15.1 Å². The average molecular weight is 1820 g/mol. The molecular formula is C89H103Cl3F5N19O11. The number of hydrogen-bond acceptors (Lipinski definition) is 16. The second-order valence-electron chi connectivity index (χ2n) is 36.1. The third-order valence-electron chi connectivity index (χ3n) is 22.5. The van der Waals surface area contributed by atoms with Gasteiger partial charge in [0.15, 0.2) is 0 Å². The van der Waals surface area contributed by atoms with Gasteiger partial charge >= 0.3 is 6.18 Å². The number of nitrogens with zero attached hydrogens (tertiary/aromatic N) is 14. The maximum Gasteiger partial charge on any atom is 0.418 e. The highest BCUT2D eigenvalue weighted by Gasteiger charge is 2.40. The third kappa shape index (κ3) is 23.5. The van der Waals surface area contributed by atoms with Crippen molar-refractivity contribution in [3.63, 3.8) is 0 Å². The molecule has 5 amide bonds. The van der Waals surface area contributed by atoms with Crippen molar-refractivity contribution in [3.8, 4) is 0 Å². The lowest BCUT2D eigenvalue weighted by atomic mass is 9.91. The first-order valence-electron chi connectivity index (χ1n) is 41.8. The SMILES string of the molecule is CC(C)(O)CC(=O)Nc1nc2c(C(F)(F)F)cc(C(C)(C)O)cc2n1C1CCC1.[C-]#[N+]c1cc2c(cc1Cl)nc(NC(=O)CC(C)(C)O)n2C1CCC1.[C-]#[N+]c1cc2c(cc1Cl)nc(NC(=O)CC(C)(C)O)n2C1CCC1.[C-]#[N+]c1cc2c(cc1Cl)nc(NC(=O)CC(O)(CC)CF)n2C1CCC1.[C-]#[N+]c1cc2c(cc1F)nc(NC(=O)CC(C)(C)O)n2C1CCC1. The number of halogens is 8. The number of hydrogen-bond donors (Lipinski definition) is 11. The molecule has 0 radical (unpaired) electrons. The van der Waals surface area contributed by atoms with Crippen LogP contribution in [0.1, 0.15) is 252 Å². The number of rotatable bonds is 23. The Morgan fingerprint density at radius 3 is 0.898 bits per heavy atom. The highest BCUT2D eigenvalue weighted by atomic mass is 35.5. The number of carbonyl (C=O) groups excluding carboxylic acids is 5. The topological polar surface area (TPSA) is 373 Å². The lowest BCUT2D eigenvalue weighted by Crippen LogP contribution is -2.36. The van der Waals surface area contributed by atoms with Crippen molar-refractivity contribution in [2.45, 2.75) is 281 Å². The number of amides is 5. The van der Waals surface area contributed by atoms with Crippen molar-refractivity contribution >= 4 is 172 Å². The van der Waals surface area contributed by atoms with Gasteiger partial charge in [-0.25, -0.2) is 53.1 Å². The smallest absolute Gasteiger partial charge is 0.390 e. The number of fused-ring (bicyclic) bond motifs is 5. The molecule has 0 spiro atoms. The number of aliphatic hydroxyl groups is 6. The van der Waals surface area contributed by atoms with Crippen molar-refractivity contribution in [2.24, 2.45) is 0 Å². The molecule has 5 aliphatic rings. The van der Waals surface area contributed by atoms with Crippen molar-refractivity contribution in [1.29, 1.82) is 0 Å². The van der Waals surface area contributed by atoms with Gasteiger partial charge in [-0.3, -0.25) is 50.6 Å². The number of imidazole rings is 5. The summed E-state index contributed by atoms with van der Waals surface area (Å²) in [6, 6.07) is 15.9. The summed E-state index contributed by atoms with van der Waals surface area (Å²) in [5.74, 6) is -1.01. The van der Waals surface area contributed by atoms with Gasteiger partial charge in [0.2, 0.25) is 82.0 Å². The van der Waals surface area contributed by atoms with E-state index in [2.05, 4.69) is 70.9 Å². The molecule has 10 aromatic rings. The molecule has 676 valence electrons. The first-order valence-corrected chi connectivity index (χ1v) is 42.9. The zero-order valence-electron chi connectivity index (χ0n) is 72.2.